The molecule has 3 atom stereocenters. The van der Waals surface area contributed by atoms with Gasteiger partial charge in [-0.05, 0) is 25.7 Å². The van der Waals surface area contributed by atoms with Crippen LogP contribution >= 0.6 is 11.6 Å². The van der Waals surface area contributed by atoms with E-state index in [1.54, 1.807) is 0 Å². The maximum absolute atomic E-state index is 6.24. The lowest BCUT2D eigenvalue weighted by Crippen LogP contribution is -2.47. The highest BCUT2D eigenvalue weighted by molar-refractivity contribution is 6.20. The third kappa shape index (κ3) is 2.86. The first-order valence-corrected chi connectivity index (χ1v) is 6.57. The van der Waals surface area contributed by atoms with Crippen LogP contribution in [0.4, 0.5) is 0 Å². The smallest absolute Gasteiger partial charge is 0.0743 e. The van der Waals surface area contributed by atoms with Crippen LogP contribution in [0.5, 0.6) is 0 Å². The molecule has 2 saturated heterocycles. The second kappa shape index (κ2) is 5.03. The topological polar surface area (TPSA) is 18.5 Å². The summed E-state index contributed by atoms with van der Waals surface area (Å²) < 4.78 is 11.7. The van der Waals surface area contributed by atoms with E-state index in [0.717, 1.165) is 45.3 Å². The van der Waals surface area contributed by atoms with E-state index < -0.39 is 0 Å². The lowest BCUT2D eigenvalue weighted by atomic mass is 9.82. The van der Waals surface area contributed by atoms with Crippen LogP contribution in [0.1, 0.15) is 45.4 Å². The summed E-state index contributed by atoms with van der Waals surface area (Å²) in [6.45, 7) is 3.87. The van der Waals surface area contributed by atoms with E-state index in [1.807, 2.05) is 0 Å². The molecule has 0 aromatic heterocycles. The molecular weight excluding hydrogens is 212 g/mol. The van der Waals surface area contributed by atoms with Crippen LogP contribution in [-0.2, 0) is 9.47 Å². The van der Waals surface area contributed by atoms with Crippen molar-refractivity contribution in [1.29, 1.82) is 0 Å². The molecule has 88 valence electrons. The molecule has 3 heteroatoms. The summed E-state index contributed by atoms with van der Waals surface area (Å²) in [6, 6.07) is 0. The van der Waals surface area contributed by atoms with Crippen LogP contribution in [0, 0.1) is 0 Å². The molecule has 0 bridgehead atoms. The Morgan fingerprint density at radius 3 is 2.93 bits per heavy atom. The number of halogens is 1. The molecule has 2 aliphatic heterocycles. The second-order valence-electron chi connectivity index (χ2n) is 4.86. The van der Waals surface area contributed by atoms with Crippen LogP contribution in [0.3, 0.4) is 0 Å². The van der Waals surface area contributed by atoms with Gasteiger partial charge < -0.3 is 9.47 Å². The molecule has 0 aromatic carbocycles. The van der Waals surface area contributed by atoms with Gasteiger partial charge in [0.2, 0.25) is 0 Å². The Morgan fingerprint density at radius 1 is 1.33 bits per heavy atom. The average Bonchev–Trinajstić information content (AvgIpc) is 2.17. The quantitative estimate of drug-likeness (QED) is 0.682. The van der Waals surface area contributed by atoms with Crippen LogP contribution < -0.4 is 0 Å². The van der Waals surface area contributed by atoms with E-state index in [4.69, 9.17) is 21.1 Å². The molecule has 1 spiro atoms. The third-order valence-electron chi connectivity index (χ3n) is 3.55. The lowest BCUT2D eigenvalue weighted by Gasteiger charge is -2.44. The van der Waals surface area contributed by atoms with Crippen molar-refractivity contribution in [1.82, 2.24) is 0 Å². The SMILES string of the molecule is CCCC1CC2(CCO1)CC(Cl)CCO2. The van der Waals surface area contributed by atoms with Crippen molar-refractivity contribution in [3.05, 3.63) is 0 Å². The minimum atomic E-state index is 0.0444. The van der Waals surface area contributed by atoms with Gasteiger partial charge in [0, 0.05) is 25.0 Å². The zero-order valence-corrected chi connectivity index (χ0v) is 10.3. The van der Waals surface area contributed by atoms with Gasteiger partial charge in [-0.2, -0.15) is 0 Å². The van der Waals surface area contributed by atoms with Crippen molar-refractivity contribution < 1.29 is 9.47 Å². The van der Waals surface area contributed by atoms with Gasteiger partial charge >= 0.3 is 0 Å². The van der Waals surface area contributed by atoms with Gasteiger partial charge in [0.15, 0.2) is 0 Å². The largest absolute Gasteiger partial charge is 0.378 e. The summed E-state index contributed by atoms with van der Waals surface area (Å²) in [7, 11) is 0. The summed E-state index contributed by atoms with van der Waals surface area (Å²) in [5.74, 6) is 0. The minimum absolute atomic E-state index is 0.0444. The zero-order chi connectivity index (χ0) is 10.7. The van der Waals surface area contributed by atoms with Crippen LogP contribution in [-0.4, -0.2) is 30.3 Å². The van der Waals surface area contributed by atoms with Gasteiger partial charge in [0.05, 0.1) is 11.7 Å². The van der Waals surface area contributed by atoms with E-state index in [9.17, 15) is 0 Å². The fourth-order valence-electron chi connectivity index (χ4n) is 2.78. The molecule has 0 amide bonds. The number of ether oxygens (including phenoxy) is 2. The number of rotatable bonds is 2. The monoisotopic (exact) mass is 232 g/mol. The molecule has 2 fully saturated rings. The molecule has 15 heavy (non-hydrogen) atoms. The molecule has 2 rings (SSSR count). The Labute approximate surface area is 97.3 Å². The molecular formula is C12H21ClO2. The van der Waals surface area contributed by atoms with E-state index in [1.165, 1.54) is 6.42 Å². The highest BCUT2D eigenvalue weighted by Crippen LogP contribution is 2.39. The highest BCUT2D eigenvalue weighted by Gasteiger charge is 2.41. The standard InChI is InChI=1S/C12H21ClO2/c1-2-3-11-9-12(5-7-14-11)8-10(13)4-6-15-12/h10-11H,2-9H2,1H3. The fraction of sp³-hybridized carbons (Fsp3) is 1.00. The predicted molar refractivity (Wildman–Crippen MR) is 61.4 cm³/mol. The van der Waals surface area contributed by atoms with Crippen LogP contribution in [0.15, 0.2) is 0 Å². The van der Waals surface area contributed by atoms with Crippen molar-refractivity contribution in [3.8, 4) is 0 Å². The van der Waals surface area contributed by atoms with E-state index in [-0.39, 0.29) is 5.60 Å². The van der Waals surface area contributed by atoms with Gasteiger partial charge in [-0.25, -0.2) is 0 Å². The van der Waals surface area contributed by atoms with Crippen molar-refractivity contribution in [2.24, 2.45) is 0 Å². The Hall–Kier alpha value is 0.210. The van der Waals surface area contributed by atoms with Gasteiger partial charge in [-0.15, -0.1) is 11.6 Å². The number of hydrogen-bond acceptors (Lipinski definition) is 2. The Bertz CT molecular complexity index is 204. The van der Waals surface area contributed by atoms with Crippen molar-refractivity contribution in [3.63, 3.8) is 0 Å². The van der Waals surface area contributed by atoms with Gasteiger partial charge in [-0.3, -0.25) is 0 Å². The lowest BCUT2D eigenvalue weighted by molar-refractivity contribution is -0.157. The van der Waals surface area contributed by atoms with E-state index >= 15 is 0 Å². The van der Waals surface area contributed by atoms with Crippen molar-refractivity contribution in [2.75, 3.05) is 13.2 Å². The molecule has 0 radical (unpaired) electrons. The van der Waals surface area contributed by atoms with Gasteiger partial charge in [0.1, 0.15) is 0 Å². The van der Waals surface area contributed by atoms with Crippen LogP contribution in [0.2, 0.25) is 0 Å². The Morgan fingerprint density at radius 2 is 2.20 bits per heavy atom. The molecule has 3 unspecified atom stereocenters. The van der Waals surface area contributed by atoms with E-state index in [0.29, 0.717) is 11.5 Å². The average molecular weight is 233 g/mol. The van der Waals surface area contributed by atoms with Gasteiger partial charge in [0.25, 0.3) is 0 Å². The zero-order valence-electron chi connectivity index (χ0n) is 9.51. The maximum atomic E-state index is 6.24. The maximum Gasteiger partial charge on any atom is 0.0743 e. The number of alkyl halides is 1. The highest BCUT2D eigenvalue weighted by atomic mass is 35.5. The molecule has 0 aromatic rings. The molecule has 2 heterocycles. The summed E-state index contributed by atoms with van der Waals surface area (Å²) >= 11 is 6.24. The Balaban J connectivity index is 1.94. The first-order valence-electron chi connectivity index (χ1n) is 6.14. The van der Waals surface area contributed by atoms with Gasteiger partial charge in [-0.1, -0.05) is 13.3 Å². The predicted octanol–water partition coefficient (Wildman–Crippen LogP) is 3.12. The molecule has 2 aliphatic rings. The first-order chi connectivity index (χ1) is 7.24. The summed E-state index contributed by atoms with van der Waals surface area (Å²) in [6.07, 6.45) is 6.82. The normalized spacial score (nSPS) is 42.0. The van der Waals surface area contributed by atoms with E-state index in [2.05, 4.69) is 6.92 Å². The summed E-state index contributed by atoms with van der Waals surface area (Å²) in [5.41, 5.74) is 0.0444. The summed E-state index contributed by atoms with van der Waals surface area (Å²) in [4.78, 5) is 0. The molecule has 0 saturated carbocycles. The minimum Gasteiger partial charge on any atom is -0.378 e. The molecule has 0 aliphatic carbocycles. The van der Waals surface area contributed by atoms with Crippen molar-refractivity contribution in [2.45, 2.75) is 62.5 Å². The second-order valence-corrected chi connectivity index (χ2v) is 5.47. The fourth-order valence-corrected chi connectivity index (χ4v) is 3.15. The third-order valence-corrected chi connectivity index (χ3v) is 3.93. The number of hydrogen-bond donors (Lipinski definition) is 0. The Kier molecular flexibility index (Phi) is 3.92. The summed E-state index contributed by atoms with van der Waals surface area (Å²) in [5, 5.41) is 0.305. The first kappa shape index (κ1) is 11.7. The molecule has 0 N–H and O–H groups in total. The van der Waals surface area contributed by atoms with Crippen molar-refractivity contribution >= 4 is 11.6 Å². The molecule has 2 nitrogen and oxygen atoms in total. The van der Waals surface area contributed by atoms with Crippen LogP contribution in [0.25, 0.3) is 0 Å².